The quantitative estimate of drug-likeness (QED) is 0.685. The number of halogens is 1. The Kier molecular flexibility index (Phi) is 5.35. The normalized spacial score (nSPS) is 17.4. The van der Waals surface area contributed by atoms with E-state index in [9.17, 15) is 8.42 Å². The zero-order valence-corrected chi connectivity index (χ0v) is 14.2. The zero-order valence-electron chi connectivity index (χ0n) is 12.6. The molecule has 1 unspecified atom stereocenters. The molecule has 1 heterocycles. The standard InChI is InChI=1S/C14H22ClNO4S/c1-10(12-4-5-12)16(6-7-19-3)21(17,18)14-8-13(9-15)20-11(14)2/h8,10,12H,4-7,9H2,1-3H3. The molecule has 0 radical (unpaired) electrons. The first-order valence-corrected chi connectivity index (χ1v) is 9.05. The summed E-state index contributed by atoms with van der Waals surface area (Å²) in [6, 6.07) is 1.50. The number of methoxy groups -OCH3 is 1. The van der Waals surface area contributed by atoms with Crippen LogP contribution in [-0.4, -0.2) is 39.0 Å². The average molecular weight is 336 g/mol. The fraction of sp³-hybridized carbons (Fsp3) is 0.714. The Hall–Kier alpha value is -0.560. The Labute approximate surface area is 131 Å². The van der Waals surface area contributed by atoms with Crippen molar-refractivity contribution >= 4 is 21.6 Å². The highest BCUT2D eigenvalue weighted by molar-refractivity contribution is 7.89. The molecule has 1 aliphatic rings. The van der Waals surface area contributed by atoms with Crippen LogP contribution in [0.4, 0.5) is 0 Å². The van der Waals surface area contributed by atoms with Crippen LogP contribution in [0.1, 0.15) is 31.3 Å². The van der Waals surface area contributed by atoms with Crippen LogP contribution < -0.4 is 0 Å². The lowest BCUT2D eigenvalue weighted by Crippen LogP contribution is -2.42. The second-order valence-corrected chi connectivity index (χ2v) is 7.58. The second kappa shape index (κ2) is 6.69. The number of hydrogen-bond acceptors (Lipinski definition) is 4. The summed E-state index contributed by atoms with van der Waals surface area (Å²) in [5.74, 6) is 1.46. The molecule has 0 bridgehead atoms. The molecule has 0 N–H and O–H groups in total. The lowest BCUT2D eigenvalue weighted by molar-refractivity contribution is 0.164. The minimum Gasteiger partial charge on any atom is -0.464 e. The van der Waals surface area contributed by atoms with Gasteiger partial charge in [-0.15, -0.1) is 11.6 Å². The maximum absolute atomic E-state index is 12.9. The van der Waals surface area contributed by atoms with E-state index in [1.165, 1.54) is 10.4 Å². The molecule has 0 aromatic carbocycles. The number of sulfonamides is 1. The van der Waals surface area contributed by atoms with Gasteiger partial charge in [-0.25, -0.2) is 8.42 Å². The molecule has 1 aliphatic carbocycles. The van der Waals surface area contributed by atoms with Crippen molar-refractivity contribution in [3.63, 3.8) is 0 Å². The number of hydrogen-bond donors (Lipinski definition) is 0. The van der Waals surface area contributed by atoms with Gasteiger partial charge in [-0.1, -0.05) is 0 Å². The van der Waals surface area contributed by atoms with Crippen molar-refractivity contribution in [1.29, 1.82) is 0 Å². The van der Waals surface area contributed by atoms with E-state index in [-0.39, 0.29) is 16.8 Å². The highest BCUT2D eigenvalue weighted by atomic mass is 35.5. The van der Waals surface area contributed by atoms with E-state index in [1.807, 2.05) is 6.92 Å². The lowest BCUT2D eigenvalue weighted by atomic mass is 10.2. The first-order valence-electron chi connectivity index (χ1n) is 7.07. The minimum absolute atomic E-state index is 0.0288. The molecule has 1 atom stereocenters. The maximum atomic E-state index is 12.9. The van der Waals surface area contributed by atoms with Gasteiger partial charge in [-0.3, -0.25) is 0 Å². The highest BCUT2D eigenvalue weighted by Gasteiger charge is 2.39. The van der Waals surface area contributed by atoms with Crippen molar-refractivity contribution in [2.45, 2.75) is 43.5 Å². The van der Waals surface area contributed by atoms with Gasteiger partial charge in [-0.05, 0) is 32.6 Å². The summed E-state index contributed by atoms with van der Waals surface area (Å²) in [6.45, 7) is 4.33. The van der Waals surface area contributed by atoms with Gasteiger partial charge in [0.2, 0.25) is 10.0 Å². The molecule has 0 aliphatic heterocycles. The average Bonchev–Trinajstić information content (AvgIpc) is 3.21. The Morgan fingerprint density at radius 1 is 1.52 bits per heavy atom. The summed E-state index contributed by atoms with van der Waals surface area (Å²) in [6.07, 6.45) is 2.16. The third kappa shape index (κ3) is 3.62. The van der Waals surface area contributed by atoms with E-state index in [2.05, 4.69) is 0 Å². The molecule has 120 valence electrons. The van der Waals surface area contributed by atoms with Crippen LogP contribution in [0.15, 0.2) is 15.4 Å². The number of rotatable bonds is 8. The van der Waals surface area contributed by atoms with E-state index in [1.54, 1.807) is 14.0 Å². The fourth-order valence-corrected chi connectivity index (χ4v) is 4.50. The molecule has 0 spiro atoms. The largest absolute Gasteiger partial charge is 0.464 e. The second-order valence-electron chi connectivity index (χ2n) is 5.45. The molecular formula is C14H22ClNO4S. The molecule has 1 saturated carbocycles. The topological polar surface area (TPSA) is 59.8 Å². The van der Waals surface area contributed by atoms with Crippen LogP contribution >= 0.6 is 11.6 Å². The molecule has 1 aromatic heterocycles. The first kappa shape index (κ1) is 16.8. The van der Waals surface area contributed by atoms with Crippen molar-refractivity contribution in [3.05, 3.63) is 17.6 Å². The molecule has 0 amide bonds. The van der Waals surface area contributed by atoms with E-state index in [0.717, 1.165) is 12.8 Å². The summed E-state index contributed by atoms with van der Waals surface area (Å²) < 4.78 is 37.8. The smallest absolute Gasteiger partial charge is 0.246 e. The maximum Gasteiger partial charge on any atom is 0.246 e. The van der Waals surface area contributed by atoms with Crippen molar-refractivity contribution in [2.24, 2.45) is 5.92 Å². The monoisotopic (exact) mass is 335 g/mol. The zero-order chi connectivity index (χ0) is 15.6. The molecular weight excluding hydrogens is 314 g/mol. The molecule has 7 heteroatoms. The third-order valence-electron chi connectivity index (χ3n) is 3.92. The predicted molar refractivity (Wildman–Crippen MR) is 81.0 cm³/mol. The van der Waals surface area contributed by atoms with Gasteiger partial charge in [-0.2, -0.15) is 4.31 Å². The van der Waals surface area contributed by atoms with Gasteiger partial charge >= 0.3 is 0 Å². The van der Waals surface area contributed by atoms with Crippen LogP contribution in [0.25, 0.3) is 0 Å². The Balaban J connectivity index is 2.32. The molecule has 1 fully saturated rings. The van der Waals surface area contributed by atoms with Crippen LogP contribution in [-0.2, 0) is 20.6 Å². The number of furan rings is 1. The summed E-state index contributed by atoms with van der Waals surface area (Å²) >= 11 is 5.73. The summed E-state index contributed by atoms with van der Waals surface area (Å²) in [4.78, 5) is 0.210. The number of alkyl halides is 1. The molecule has 0 saturated heterocycles. The van der Waals surface area contributed by atoms with Crippen molar-refractivity contribution < 1.29 is 17.6 Å². The van der Waals surface area contributed by atoms with E-state index in [4.69, 9.17) is 20.8 Å². The molecule has 5 nitrogen and oxygen atoms in total. The van der Waals surface area contributed by atoms with Gasteiger partial charge in [0.1, 0.15) is 16.4 Å². The first-order chi connectivity index (χ1) is 9.91. The van der Waals surface area contributed by atoms with Gasteiger partial charge in [0.25, 0.3) is 0 Å². The van der Waals surface area contributed by atoms with Crippen LogP contribution in [0.2, 0.25) is 0 Å². The SMILES string of the molecule is COCCN(C(C)C1CC1)S(=O)(=O)c1cc(CCl)oc1C. The summed E-state index contributed by atoms with van der Waals surface area (Å²) in [7, 11) is -2.03. The molecule has 2 rings (SSSR count). The fourth-order valence-electron chi connectivity index (χ4n) is 2.51. The van der Waals surface area contributed by atoms with Crippen molar-refractivity contribution in [1.82, 2.24) is 4.31 Å². The highest BCUT2D eigenvalue weighted by Crippen LogP contribution is 2.37. The Bertz CT molecular complexity index is 580. The molecule has 21 heavy (non-hydrogen) atoms. The number of nitrogens with zero attached hydrogens (tertiary/aromatic N) is 1. The predicted octanol–water partition coefficient (Wildman–Crippen LogP) is 2.76. The van der Waals surface area contributed by atoms with Gasteiger partial charge < -0.3 is 9.15 Å². The number of ether oxygens (including phenoxy) is 1. The van der Waals surface area contributed by atoms with Crippen LogP contribution in [0.5, 0.6) is 0 Å². The van der Waals surface area contributed by atoms with Crippen LogP contribution in [0, 0.1) is 12.8 Å². The van der Waals surface area contributed by atoms with E-state index in [0.29, 0.717) is 30.6 Å². The van der Waals surface area contributed by atoms with E-state index >= 15 is 0 Å². The number of aryl methyl sites for hydroxylation is 1. The van der Waals surface area contributed by atoms with Crippen molar-refractivity contribution in [2.75, 3.05) is 20.3 Å². The van der Waals surface area contributed by atoms with Gasteiger partial charge in [0.15, 0.2) is 0 Å². The third-order valence-corrected chi connectivity index (χ3v) is 6.27. The van der Waals surface area contributed by atoms with Crippen molar-refractivity contribution in [3.8, 4) is 0 Å². The Morgan fingerprint density at radius 2 is 2.19 bits per heavy atom. The summed E-state index contributed by atoms with van der Waals surface area (Å²) in [5, 5.41) is 0. The van der Waals surface area contributed by atoms with Gasteiger partial charge in [0, 0.05) is 25.8 Å². The van der Waals surface area contributed by atoms with Gasteiger partial charge in [0.05, 0.1) is 12.5 Å². The Morgan fingerprint density at radius 3 is 2.67 bits per heavy atom. The summed E-state index contributed by atoms with van der Waals surface area (Å²) in [5.41, 5.74) is 0. The van der Waals surface area contributed by atoms with E-state index < -0.39 is 10.0 Å². The van der Waals surface area contributed by atoms with Crippen LogP contribution in [0.3, 0.4) is 0 Å². The minimum atomic E-state index is -3.60. The molecule has 1 aromatic rings. The lowest BCUT2D eigenvalue weighted by Gasteiger charge is -2.28.